The van der Waals surface area contributed by atoms with Crippen molar-refractivity contribution in [1.82, 2.24) is 0 Å². The number of nitrogen functional groups attached to an aromatic ring is 2. The van der Waals surface area contributed by atoms with Gasteiger partial charge >= 0.3 is 29.6 Å². The zero-order valence-electron chi connectivity index (χ0n) is 11.0. The molecule has 0 heterocycles. The topological polar surface area (TPSA) is 141 Å². The summed E-state index contributed by atoms with van der Waals surface area (Å²) >= 11 is 0. The fourth-order valence-electron chi connectivity index (χ4n) is 2.54. The van der Waals surface area contributed by atoms with E-state index in [1.54, 1.807) is 12.1 Å². The van der Waals surface area contributed by atoms with E-state index in [2.05, 4.69) is 0 Å². The van der Waals surface area contributed by atoms with E-state index in [1.165, 1.54) is 12.1 Å². The van der Waals surface area contributed by atoms with Crippen molar-refractivity contribution in [1.29, 1.82) is 0 Å². The molecule has 0 aliphatic heterocycles. The summed E-state index contributed by atoms with van der Waals surface area (Å²) in [4.78, 5) is 24.3. The SMILES string of the molecule is Nc1cc(S(=O)(=O)O)c(N)c2c1C(=O)c1ccccc1C2=O.[NaH]. The van der Waals surface area contributed by atoms with Gasteiger partial charge in [-0.25, -0.2) is 0 Å². The van der Waals surface area contributed by atoms with E-state index in [1.807, 2.05) is 0 Å². The van der Waals surface area contributed by atoms with Gasteiger partial charge in [0.25, 0.3) is 10.1 Å². The standard InChI is InChI=1S/C14H10N2O5S.Na.H/c15-8-5-9(22(19,20)21)12(16)11-10(8)13(17)6-3-1-2-4-7(6)14(11)18;;/h1-5H,15-16H2,(H,19,20,21);;. The van der Waals surface area contributed by atoms with Crippen molar-refractivity contribution in [3.05, 3.63) is 52.6 Å². The number of benzene rings is 2. The fraction of sp³-hybridized carbons (Fsp3) is 0. The number of anilines is 2. The Kier molecular flexibility index (Phi) is 4.40. The van der Waals surface area contributed by atoms with Crippen LogP contribution in [0.5, 0.6) is 0 Å². The van der Waals surface area contributed by atoms with Crippen molar-refractivity contribution >= 4 is 62.6 Å². The summed E-state index contributed by atoms with van der Waals surface area (Å²) in [5.74, 6) is -1.13. The summed E-state index contributed by atoms with van der Waals surface area (Å²) in [5.41, 5.74) is 10.5. The summed E-state index contributed by atoms with van der Waals surface area (Å²) in [6.07, 6.45) is 0. The van der Waals surface area contributed by atoms with E-state index in [-0.39, 0.29) is 57.5 Å². The number of rotatable bonds is 1. The van der Waals surface area contributed by atoms with Gasteiger partial charge in [-0.3, -0.25) is 14.1 Å². The molecule has 3 rings (SSSR count). The van der Waals surface area contributed by atoms with Gasteiger partial charge in [0, 0.05) is 16.8 Å². The third kappa shape index (κ3) is 2.58. The zero-order chi connectivity index (χ0) is 16.2. The molecule has 7 nitrogen and oxygen atoms in total. The normalized spacial score (nSPS) is 13.1. The monoisotopic (exact) mass is 342 g/mol. The average Bonchev–Trinajstić information content (AvgIpc) is 2.45. The molecule has 0 atom stereocenters. The van der Waals surface area contributed by atoms with E-state index in [0.29, 0.717) is 0 Å². The Balaban J connectivity index is 0.00000192. The van der Waals surface area contributed by atoms with Crippen LogP contribution in [0.1, 0.15) is 31.8 Å². The molecule has 5 N–H and O–H groups in total. The van der Waals surface area contributed by atoms with Crippen molar-refractivity contribution < 1.29 is 22.6 Å². The number of hydrogen-bond donors (Lipinski definition) is 3. The van der Waals surface area contributed by atoms with Gasteiger partial charge in [0.05, 0.1) is 16.8 Å². The molecule has 0 saturated heterocycles. The fourth-order valence-corrected chi connectivity index (χ4v) is 3.19. The molecule has 1 aliphatic rings. The van der Waals surface area contributed by atoms with Crippen molar-refractivity contribution in [3.8, 4) is 0 Å². The van der Waals surface area contributed by atoms with Crippen LogP contribution in [0.25, 0.3) is 0 Å². The quantitative estimate of drug-likeness (QED) is 0.326. The molecule has 1 aliphatic carbocycles. The molecule has 0 bridgehead atoms. The molecule has 23 heavy (non-hydrogen) atoms. The molecule has 114 valence electrons. The first-order chi connectivity index (χ1) is 10.2. The molecule has 0 spiro atoms. The van der Waals surface area contributed by atoms with Gasteiger partial charge in [-0.2, -0.15) is 8.42 Å². The molecule has 0 amide bonds. The van der Waals surface area contributed by atoms with Crippen LogP contribution in [-0.4, -0.2) is 54.1 Å². The van der Waals surface area contributed by atoms with Crippen molar-refractivity contribution in [2.75, 3.05) is 11.5 Å². The number of ketones is 2. The Morgan fingerprint density at radius 1 is 0.913 bits per heavy atom. The third-order valence-electron chi connectivity index (χ3n) is 3.51. The third-order valence-corrected chi connectivity index (χ3v) is 4.40. The van der Waals surface area contributed by atoms with E-state index in [0.717, 1.165) is 6.07 Å². The van der Waals surface area contributed by atoms with Gasteiger partial charge in [-0.15, -0.1) is 0 Å². The van der Waals surface area contributed by atoms with Gasteiger partial charge in [0.15, 0.2) is 11.6 Å². The van der Waals surface area contributed by atoms with Gasteiger partial charge in [-0.1, -0.05) is 24.3 Å². The molecule has 0 unspecified atom stereocenters. The van der Waals surface area contributed by atoms with E-state index in [4.69, 9.17) is 11.5 Å². The summed E-state index contributed by atoms with van der Waals surface area (Å²) in [6, 6.07) is 6.96. The number of carbonyl (C=O) groups is 2. The number of hydrogen-bond acceptors (Lipinski definition) is 6. The van der Waals surface area contributed by atoms with Crippen molar-refractivity contribution in [2.45, 2.75) is 4.90 Å². The van der Waals surface area contributed by atoms with Crippen LogP contribution in [0.2, 0.25) is 0 Å². The Labute approximate surface area is 153 Å². The molecular formula is C14H11N2NaO5S. The van der Waals surface area contributed by atoms with Gasteiger partial charge in [0.2, 0.25) is 0 Å². The van der Waals surface area contributed by atoms with Crippen LogP contribution in [-0.2, 0) is 10.1 Å². The molecule has 2 aromatic rings. The molecule has 9 heteroatoms. The predicted molar refractivity (Wildman–Crippen MR) is 85.5 cm³/mol. The molecule has 0 fully saturated rings. The number of fused-ring (bicyclic) bond motifs is 2. The second-order valence-electron chi connectivity index (χ2n) is 4.81. The molecule has 0 saturated carbocycles. The van der Waals surface area contributed by atoms with Crippen molar-refractivity contribution in [2.24, 2.45) is 0 Å². The zero-order valence-corrected chi connectivity index (χ0v) is 11.8. The Morgan fingerprint density at radius 2 is 1.39 bits per heavy atom. The van der Waals surface area contributed by atoms with Gasteiger partial charge in [0.1, 0.15) is 4.90 Å². The second kappa shape index (κ2) is 5.73. The van der Waals surface area contributed by atoms with E-state index < -0.39 is 32.3 Å². The van der Waals surface area contributed by atoms with Crippen LogP contribution in [0, 0.1) is 0 Å². The number of carbonyl (C=O) groups excluding carboxylic acids is 2. The molecule has 0 radical (unpaired) electrons. The van der Waals surface area contributed by atoms with Crippen LogP contribution < -0.4 is 11.5 Å². The first kappa shape index (κ1) is 17.6. The molecule has 2 aromatic carbocycles. The summed E-state index contributed by atoms with van der Waals surface area (Å²) < 4.78 is 31.9. The van der Waals surface area contributed by atoms with E-state index in [9.17, 15) is 22.6 Å². The number of nitrogens with two attached hydrogens (primary N) is 2. The maximum absolute atomic E-state index is 12.5. The van der Waals surface area contributed by atoms with Gasteiger partial charge in [-0.05, 0) is 6.07 Å². The average molecular weight is 342 g/mol. The minimum absolute atomic E-state index is 0. The minimum atomic E-state index is -4.68. The van der Waals surface area contributed by atoms with E-state index >= 15 is 0 Å². The Hall–Kier alpha value is -1.71. The first-order valence-electron chi connectivity index (χ1n) is 6.11. The summed E-state index contributed by atoms with van der Waals surface area (Å²) in [6.45, 7) is 0. The summed E-state index contributed by atoms with van der Waals surface area (Å²) in [5, 5.41) is 0. The van der Waals surface area contributed by atoms with Crippen LogP contribution in [0.15, 0.2) is 35.2 Å². The maximum atomic E-state index is 12.5. The summed E-state index contributed by atoms with van der Waals surface area (Å²) in [7, 11) is -4.68. The van der Waals surface area contributed by atoms with Crippen LogP contribution in [0.3, 0.4) is 0 Å². The second-order valence-corrected chi connectivity index (χ2v) is 6.20. The van der Waals surface area contributed by atoms with Gasteiger partial charge < -0.3 is 11.5 Å². The Morgan fingerprint density at radius 3 is 1.87 bits per heavy atom. The predicted octanol–water partition coefficient (Wildman–Crippen LogP) is 0.225. The Bertz CT molecular complexity index is 969. The van der Waals surface area contributed by atoms with Crippen molar-refractivity contribution in [3.63, 3.8) is 0 Å². The molecule has 0 aromatic heterocycles. The molecular weight excluding hydrogens is 331 g/mol. The van der Waals surface area contributed by atoms with Crippen LogP contribution >= 0.6 is 0 Å². The van der Waals surface area contributed by atoms with Crippen LogP contribution in [0.4, 0.5) is 11.4 Å². The first-order valence-corrected chi connectivity index (χ1v) is 7.55.